The molecule has 5 heteroatoms. The van der Waals surface area contributed by atoms with E-state index in [1.54, 1.807) is 25.2 Å². The number of benzene rings is 1. The van der Waals surface area contributed by atoms with Gasteiger partial charge in [0.25, 0.3) is 0 Å². The summed E-state index contributed by atoms with van der Waals surface area (Å²) in [6.07, 6.45) is 4.29. The monoisotopic (exact) mass is 290 g/mol. The van der Waals surface area contributed by atoms with Crippen LogP contribution in [0.1, 0.15) is 43.0 Å². The van der Waals surface area contributed by atoms with Crippen molar-refractivity contribution in [1.82, 2.24) is 4.90 Å². The molecule has 1 aromatic carbocycles. The van der Waals surface area contributed by atoms with Gasteiger partial charge in [0, 0.05) is 19.6 Å². The number of rotatable bonds is 2. The fourth-order valence-electron chi connectivity index (χ4n) is 2.80. The molecular weight excluding hydrogens is 268 g/mol. The molecule has 5 nitrogen and oxygen atoms in total. The number of carboxylic acids is 1. The summed E-state index contributed by atoms with van der Waals surface area (Å²) in [6, 6.07) is 6.67. The number of aromatic carboxylic acids is 1. The van der Waals surface area contributed by atoms with Crippen LogP contribution in [0.4, 0.5) is 10.5 Å². The molecule has 0 aromatic heterocycles. The minimum atomic E-state index is -1.02. The summed E-state index contributed by atoms with van der Waals surface area (Å²) in [6.45, 7) is 2.79. The van der Waals surface area contributed by atoms with E-state index in [1.807, 2.05) is 4.90 Å². The molecular formula is C16H22N2O3. The van der Waals surface area contributed by atoms with E-state index in [-0.39, 0.29) is 17.6 Å². The first kappa shape index (κ1) is 15.4. The molecule has 1 fully saturated rings. The van der Waals surface area contributed by atoms with Gasteiger partial charge in [-0.3, -0.25) is 4.90 Å². The second-order valence-corrected chi connectivity index (χ2v) is 5.56. The summed E-state index contributed by atoms with van der Waals surface area (Å²) in [5, 5.41) is 9.25. The fraction of sp³-hybridized carbons (Fsp3) is 0.500. The van der Waals surface area contributed by atoms with Gasteiger partial charge in [0.1, 0.15) is 0 Å². The number of carbonyl (C=O) groups is 2. The first-order chi connectivity index (χ1) is 10.0. The summed E-state index contributed by atoms with van der Waals surface area (Å²) >= 11 is 0. The van der Waals surface area contributed by atoms with Gasteiger partial charge in [-0.2, -0.15) is 0 Å². The molecule has 1 atom stereocenters. The number of likely N-dealkylation sites (tertiary alicyclic amines) is 1. The summed E-state index contributed by atoms with van der Waals surface area (Å²) in [5.41, 5.74) is 0.585. The van der Waals surface area contributed by atoms with Gasteiger partial charge >= 0.3 is 12.0 Å². The molecule has 0 aliphatic carbocycles. The van der Waals surface area contributed by atoms with Gasteiger partial charge in [0.2, 0.25) is 0 Å². The largest absolute Gasteiger partial charge is 0.478 e. The Kier molecular flexibility index (Phi) is 4.83. The van der Waals surface area contributed by atoms with Gasteiger partial charge in [-0.15, -0.1) is 0 Å². The van der Waals surface area contributed by atoms with Crippen molar-refractivity contribution in [2.45, 2.75) is 38.6 Å². The molecule has 2 rings (SSSR count). The van der Waals surface area contributed by atoms with Gasteiger partial charge < -0.3 is 10.0 Å². The van der Waals surface area contributed by atoms with Crippen molar-refractivity contribution in [2.24, 2.45) is 0 Å². The maximum Gasteiger partial charge on any atom is 0.337 e. The SMILES string of the molecule is CC1CCCCCN1C(=O)N(C)c1ccccc1C(=O)O. The van der Waals surface area contributed by atoms with Gasteiger partial charge in [0.05, 0.1) is 11.3 Å². The molecule has 0 spiro atoms. The van der Waals surface area contributed by atoms with Crippen molar-refractivity contribution in [1.29, 1.82) is 0 Å². The van der Waals surface area contributed by atoms with Crippen molar-refractivity contribution in [3.8, 4) is 0 Å². The van der Waals surface area contributed by atoms with Crippen molar-refractivity contribution in [3.05, 3.63) is 29.8 Å². The number of urea groups is 1. The number of hydrogen-bond donors (Lipinski definition) is 1. The highest BCUT2D eigenvalue weighted by molar-refractivity contribution is 6.01. The number of nitrogens with zero attached hydrogens (tertiary/aromatic N) is 2. The van der Waals surface area contributed by atoms with Crippen LogP contribution in [0.15, 0.2) is 24.3 Å². The smallest absolute Gasteiger partial charge is 0.337 e. The fourth-order valence-corrected chi connectivity index (χ4v) is 2.80. The predicted molar refractivity (Wildman–Crippen MR) is 81.8 cm³/mol. The molecule has 114 valence electrons. The van der Waals surface area contributed by atoms with Crippen LogP contribution in [0, 0.1) is 0 Å². The number of carboxylic acid groups (broad SMARTS) is 1. The molecule has 1 aliphatic heterocycles. The molecule has 0 bridgehead atoms. The van der Waals surface area contributed by atoms with E-state index in [4.69, 9.17) is 0 Å². The van der Waals surface area contributed by atoms with Crippen LogP contribution in [0.25, 0.3) is 0 Å². The van der Waals surface area contributed by atoms with Gasteiger partial charge in [-0.05, 0) is 31.9 Å². The van der Waals surface area contributed by atoms with Crippen LogP contribution in [-0.4, -0.2) is 41.6 Å². The van der Waals surface area contributed by atoms with Crippen molar-refractivity contribution in [3.63, 3.8) is 0 Å². The Balaban J connectivity index is 2.24. The highest BCUT2D eigenvalue weighted by Crippen LogP contribution is 2.23. The molecule has 1 unspecified atom stereocenters. The summed E-state index contributed by atoms with van der Waals surface area (Å²) in [4.78, 5) is 27.3. The first-order valence-corrected chi connectivity index (χ1v) is 7.39. The van der Waals surface area contributed by atoms with Crippen LogP contribution < -0.4 is 4.90 Å². The zero-order chi connectivity index (χ0) is 15.4. The zero-order valence-corrected chi connectivity index (χ0v) is 12.6. The number of carbonyl (C=O) groups excluding carboxylic acids is 1. The van der Waals surface area contributed by atoms with E-state index in [0.717, 1.165) is 32.2 Å². The van der Waals surface area contributed by atoms with Crippen molar-refractivity contribution in [2.75, 3.05) is 18.5 Å². The third kappa shape index (κ3) is 3.35. The average molecular weight is 290 g/mol. The van der Waals surface area contributed by atoms with Crippen LogP contribution in [0.3, 0.4) is 0 Å². The van der Waals surface area contributed by atoms with Crippen LogP contribution >= 0.6 is 0 Å². The number of para-hydroxylation sites is 1. The summed E-state index contributed by atoms with van der Waals surface area (Å²) < 4.78 is 0. The van der Waals surface area contributed by atoms with Crippen LogP contribution in [0.2, 0.25) is 0 Å². The standard InChI is InChI=1S/C16H22N2O3/c1-12-8-4-3-7-11-18(12)16(21)17(2)14-10-6-5-9-13(14)15(19)20/h5-6,9-10,12H,3-4,7-8,11H2,1-2H3,(H,19,20). The Morgan fingerprint density at radius 3 is 2.67 bits per heavy atom. The van der Waals surface area contributed by atoms with E-state index in [0.29, 0.717) is 5.69 Å². The third-order valence-electron chi connectivity index (χ3n) is 4.08. The van der Waals surface area contributed by atoms with Crippen molar-refractivity contribution < 1.29 is 14.7 Å². The van der Waals surface area contributed by atoms with Gasteiger partial charge in [0.15, 0.2) is 0 Å². The first-order valence-electron chi connectivity index (χ1n) is 7.39. The summed E-state index contributed by atoms with van der Waals surface area (Å²) in [5.74, 6) is -1.02. The average Bonchev–Trinajstić information content (AvgIpc) is 2.70. The molecule has 1 saturated heterocycles. The van der Waals surface area contributed by atoms with E-state index < -0.39 is 5.97 Å². The lowest BCUT2D eigenvalue weighted by Crippen LogP contribution is -2.46. The molecule has 1 N–H and O–H groups in total. The minimum absolute atomic E-state index is 0.127. The molecule has 1 heterocycles. The van der Waals surface area contributed by atoms with E-state index in [2.05, 4.69) is 6.92 Å². The second kappa shape index (κ2) is 6.61. The van der Waals surface area contributed by atoms with Crippen LogP contribution in [-0.2, 0) is 0 Å². The molecule has 2 amide bonds. The van der Waals surface area contributed by atoms with Crippen molar-refractivity contribution >= 4 is 17.7 Å². The minimum Gasteiger partial charge on any atom is -0.478 e. The number of amides is 2. The van der Waals surface area contributed by atoms with E-state index >= 15 is 0 Å². The number of hydrogen-bond acceptors (Lipinski definition) is 2. The van der Waals surface area contributed by atoms with Gasteiger partial charge in [-0.25, -0.2) is 9.59 Å². The Bertz CT molecular complexity index is 530. The highest BCUT2D eigenvalue weighted by atomic mass is 16.4. The number of anilines is 1. The quantitative estimate of drug-likeness (QED) is 0.909. The van der Waals surface area contributed by atoms with Crippen LogP contribution in [0.5, 0.6) is 0 Å². The Labute approximate surface area is 125 Å². The maximum absolute atomic E-state index is 12.7. The zero-order valence-electron chi connectivity index (χ0n) is 12.6. The predicted octanol–water partition coefficient (Wildman–Crippen LogP) is 3.21. The van der Waals surface area contributed by atoms with E-state index in [1.165, 1.54) is 11.0 Å². The summed E-state index contributed by atoms with van der Waals surface area (Å²) in [7, 11) is 1.64. The molecule has 1 aliphatic rings. The lowest BCUT2D eigenvalue weighted by Gasteiger charge is -2.32. The Morgan fingerprint density at radius 1 is 1.24 bits per heavy atom. The maximum atomic E-state index is 12.7. The Morgan fingerprint density at radius 2 is 1.95 bits per heavy atom. The lowest BCUT2D eigenvalue weighted by molar-refractivity contribution is 0.0697. The van der Waals surface area contributed by atoms with Gasteiger partial charge in [-0.1, -0.05) is 25.0 Å². The molecule has 1 aromatic rings. The lowest BCUT2D eigenvalue weighted by atomic mass is 10.1. The highest BCUT2D eigenvalue weighted by Gasteiger charge is 2.27. The normalized spacial score (nSPS) is 19.0. The van der Waals surface area contributed by atoms with E-state index in [9.17, 15) is 14.7 Å². The third-order valence-corrected chi connectivity index (χ3v) is 4.08. The topological polar surface area (TPSA) is 60.9 Å². The molecule has 0 saturated carbocycles. The molecule has 21 heavy (non-hydrogen) atoms. The Hall–Kier alpha value is -2.04. The second-order valence-electron chi connectivity index (χ2n) is 5.56. The molecule has 0 radical (unpaired) electrons.